The van der Waals surface area contributed by atoms with Gasteiger partial charge in [-0.15, -0.1) is 0 Å². The minimum atomic E-state index is -0.226. The Morgan fingerprint density at radius 1 is 1.30 bits per heavy atom. The monoisotopic (exact) mass is 292 g/mol. The summed E-state index contributed by atoms with van der Waals surface area (Å²) in [6, 6.07) is 6.94. The predicted molar refractivity (Wildman–Crippen MR) is 78.3 cm³/mol. The highest BCUT2D eigenvalue weighted by Crippen LogP contribution is 2.33. The number of carbonyl (C=O) groups is 2. The van der Waals surface area contributed by atoms with Crippen LogP contribution in [0.3, 0.4) is 0 Å². The van der Waals surface area contributed by atoms with Gasteiger partial charge < -0.3 is 9.64 Å². The van der Waals surface area contributed by atoms with Gasteiger partial charge >= 0.3 is 6.03 Å². The van der Waals surface area contributed by atoms with E-state index in [1.165, 1.54) is 12.0 Å². The van der Waals surface area contributed by atoms with Crippen molar-refractivity contribution in [2.75, 3.05) is 30.1 Å². The van der Waals surface area contributed by atoms with E-state index in [2.05, 4.69) is 0 Å². The van der Waals surface area contributed by atoms with Crippen LogP contribution in [0.2, 0.25) is 0 Å². The first-order valence-electron chi connectivity index (χ1n) is 6.56. The summed E-state index contributed by atoms with van der Waals surface area (Å²) >= 11 is 1.80. The highest BCUT2D eigenvalue weighted by Gasteiger charge is 2.41. The van der Waals surface area contributed by atoms with E-state index in [1.54, 1.807) is 30.0 Å². The molecule has 2 fully saturated rings. The van der Waals surface area contributed by atoms with Crippen LogP contribution in [0.1, 0.15) is 6.42 Å². The molecule has 1 aromatic carbocycles. The predicted octanol–water partition coefficient (Wildman–Crippen LogP) is 1.97. The topological polar surface area (TPSA) is 49.9 Å². The summed E-state index contributed by atoms with van der Waals surface area (Å²) in [6.45, 7) is 0.701. The van der Waals surface area contributed by atoms with E-state index >= 15 is 0 Å². The normalized spacial score (nSPS) is 22.8. The second kappa shape index (κ2) is 5.36. The average Bonchev–Trinajstić information content (AvgIpc) is 2.48. The lowest BCUT2D eigenvalue weighted by Crippen LogP contribution is -2.59. The zero-order valence-corrected chi connectivity index (χ0v) is 12.1. The van der Waals surface area contributed by atoms with E-state index in [0.717, 1.165) is 11.5 Å². The van der Waals surface area contributed by atoms with Crippen molar-refractivity contribution in [3.05, 3.63) is 24.3 Å². The third-order valence-electron chi connectivity index (χ3n) is 3.65. The van der Waals surface area contributed by atoms with Gasteiger partial charge in [-0.2, -0.15) is 11.8 Å². The molecule has 3 rings (SSSR count). The zero-order chi connectivity index (χ0) is 14.1. The Balaban J connectivity index is 1.96. The fraction of sp³-hybridized carbons (Fsp3) is 0.429. The number of rotatable bonds is 2. The number of nitrogens with zero attached hydrogens (tertiary/aromatic N) is 2. The molecule has 1 aromatic rings. The third-order valence-corrected chi connectivity index (χ3v) is 4.74. The van der Waals surface area contributed by atoms with Gasteiger partial charge in [0.05, 0.1) is 18.8 Å². The van der Waals surface area contributed by atoms with Crippen LogP contribution >= 0.6 is 11.8 Å². The second-order valence-corrected chi connectivity index (χ2v) is 5.96. The van der Waals surface area contributed by atoms with Gasteiger partial charge in [0, 0.05) is 24.5 Å². The summed E-state index contributed by atoms with van der Waals surface area (Å²) in [5.74, 6) is 2.16. The summed E-state index contributed by atoms with van der Waals surface area (Å²) in [7, 11) is 1.54. The number of ether oxygens (including phenoxy) is 1. The summed E-state index contributed by atoms with van der Waals surface area (Å²) in [4.78, 5) is 28.0. The molecule has 0 N–H and O–H groups in total. The standard InChI is InChI=1S/C14H16N2O3S/c1-19-12-5-3-2-4-11(12)16-13(17)8-10-9-20-7-6-15(10)14(16)18/h2-5,10H,6-9H2,1H3. The third kappa shape index (κ3) is 2.14. The van der Waals surface area contributed by atoms with Crippen LogP contribution < -0.4 is 9.64 Å². The van der Waals surface area contributed by atoms with E-state index in [1.807, 2.05) is 11.0 Å². The SMILES string of the molecule is COc1ccccc1N1C(=O)CC2CSCCN2C1=O. The van der Waals surface area contributed by atoms with E-state index in [-0.39, 0.29) is 18.0 Å². The Morgan fingerprint density at radius 3 is 2.90 bits per heavy atom. The van der Waals surface area contributed by atoms with Crippen LogP contribution in [0.25, 0.3) is 0 Å². The molecular weight excluding hydrogens is 276 g/mol. The van der Waals surface area contributed by atoms with Gasteiger partial charge in [-0.05, 0) is 12.1 Å². The minimum Gasteiger partial charge on any atom is -0.495 e. The van der Waals surface area contributed by atoms with Crippen molar-refractivity contribution in [1.29, 1.82) is 0 Å². The maximum Gasteiger partial charge on any atom is 0.331 e. The maximum atomic E-state index is 12.6. The number of hydrogen-bond donors (Lipinski definition) is 0. The number of carbonyl (C=O) groups excluding carboxylic acids is 2. The molecule has 5 nitrogen and oxygen atoms in total. The second-order valence-electron chi connectivity index (χ2n) is 4.81. The zero-order valence-electron chi connectivity index (χ0n) is 11.2. The molecule has 2 saturated heterocycles. The van der Waals surface area contributed by atoms with Gasteiger partial charge in [0.15, 0.2) is 0 Å². The highest BCUT2D eigenvalue weighted by molar-refractivity contribution is 7.99. The smallest absolute Gasteiger partial charge is 0.331 e. The largest absolute Gasteiger partial charge is 0.495 e. The van der Waals surface area contributed by atoms with E-state index in [9.17, 15) is 9.59 Å². The van der Waals surface area contributed by atoms with Crippen LogP contribution in [0.5, 0.6) is 5.75 Å². The van der Waals surface area contributed by atoms with Crippen LogP contribution in [0.4, 0.5) is 10.5 Å². The lowest BCUT2D eigenvalue weighted by molar-refractivity contribution is -0.120. The number of methoxy groups -OCH3 is 1. The van der Waals surface area contributed by atoms with Gasteiger partial charge in [0.2, 0.25) is 5.91 Å². The van der Waals surface area contributed by atoms with E-state index in [0.29, 0.717) is 24.4 Å². The highest BCUT2D eigenvalue weighted by atomic mass is 32.2. The van der Waals surface area contributed by atoms with Gasteiger partial charge in [-0.3, -0.25) is 4.79 Å². The number of amides is 3. The first kappa shape index (κ1) is 13.3. The number of urea groups is 1. The molecule has 0 bridgehead atoms. The van der Waals surface area contributed by atoms with E-state index in [4.69, 9.17) is 4.74 Å². The molecule has 0 radical (unpaired) electrons. The Hall–Kier alpha value is -1.69. The summed E-state index contributed by atoms with van der Waals surface area (Å²) in [5.41, 5.74) is 0.529. The molecule has 2 aliphatic rings. The van der Waals surface area contributed by atoms with Gasteiger partial charge in [-0.25, -0.2) is 9.69 Å². The Kier molecular flexibility index (Phi) is 3.56. The minimum absolute atomic E-state index is 0.0414. The van der Waals surface area contributed by atoms with Crippen LogP contribution in [-0.2, 0) is 4.79 Å². The molecule has 0 aliphatic carbocycles. The van der Waals surface area contributed by atoms with Crippen molar-refractivity contribution in [1.82, 2.24) is 4.90 Å². The lowest BCUT2D eigenvalue weighted by Gasteiger charge is -2.42. The molecule has 0 saturated carbocycles. The molecule has 6 heteroatoms. The molecule has 0 aromatic heterocycles. The van der Waals surface area contributed by atoms with Crippen molar-refractivity contribution in [2.24, 2.45) is 0 Å². The molecule has 0 spiro atoms. The van der Waals surface area contributed by atoms with Crippen LogP contribution in [-0.4, -0.2) is 48.0 Å². The van der Waals surface area contributed by atoms with E-state index < -0.39 is 0 Å². The van der Waals surface area contributed by atoms with Crippen molar-refractivity contribution in [3.8, 4) is 5.75 Å². The summed E-state index contributed by atoms with van der Waals surface area (Å²) in [5, 5.41) is 0. The quantitative estimate of drug-likeness (QED) is 0.836. The number of hydrogen-bond acceptors (Lipinski definition) is 4. The maximum absolute atomic E-state index is 12.6. The first-order chi connectivity index (χ1) is 9.72. The fourth-order valence-corrected chi connectivity index (χ4v) is 3.72. The number of anilines is 1. The van der Waals surface area contributed by atoms with Crippen LogP contribution in [0, 0.1) is 0 Å². The lowest BCUT2D eigenvalue weighted by atomic mass is 10.1. The molecule has 1 atom stereocenters. The Morgan fingerprint density at radius 2 is 2.10 bits per heavy atom. The molecule has 3 amide bonds. The Labute approximate surface area is 121 Å². The first-order valence-corrected chi connectivity index (χ1v) is 7.72. The fourth-order valence-electron chi connectivity index (χ4n) is 2.66. The number of thioether (sulfide) groups is 1. The average molecular weight is 292 g/mol. The van der Waals surface area contributed by atoms with Crippen LogP contribution in [0.15, 0.2) is 24.3 Å². The summed E-state index contributed by atoms with van der Waals surface area (Å²) < 4.78 is 5.26. The van der Waals surface area contributed by atoms with Crippen molar-refractivity contribution in [2.45, 2.75) is 12.5 Å². The molecule has 2 heterocycles. The summed E-state index contributed by atoms with van der Waals surface area (Å²) in [6.07, 6.45) is 0.386. The number of para-hydroxylation sites is 2. The van der Waals surface area contributed by atoms with Crippen molar-refractivity contribution >= 4 is 29.4 Å². The van der Waals surface area contributed by atoms with Gasteiger partial charge in [-0.1, -0.05) is 12.1 Å². The number of imide groups is 1. The molecule has 1 unspecified atom stereocenters. The molecule has 20 heavy (non-hydrogen) atoms. The Bertz CT molecular complexity index is 549. The van der Waals surface area contributed by atoms with Crippen molar-refractivity contribution in [3.63, 3.8) is 0 Å². The number of fused-ring (bicyclic) bond motifs is 1. The molecule has 2 aliphatic heterocycles. The van der Waals surface area contributed by atoms with Gasteiger partial charge in [0.25, 0.3) is 0 Å². The molecular formula is C14H16N2O3S. The van der Waals surface area contributed by atoms with Crippen molar-refractivity contribution < 1.29 is 14.3 Å². The number of benzene rings is 1. The molecule has 106 valence electrons. The van der Waals surface area contributed by atoms with Gasteiger partial charge in [0.1, 0.15) is 5.75 Å².